The van der Waals surface area contributed by atoms with Gasteiger partial charge in [0.2, 0.25) is 11.8 Å². The average Bonchev–Trinajstić information content (AvgIpc) is 1.87. The van der Waals surface area contributed by atoms with E-state index in [4.69, 9.17) is 11.5 Å². The topological polar surface area (TPSA) is 86.2 Å². The lowest BCUT2D eigenvalue weighted by Crippen LogP contribution is -2.45. The van der Waals surface area contributed by atoms with Crippen molar-refractivity contribution in [2.45, 2.75) is 13.3 Å². The molecule has 11 heavy (non-hydrogen) atoms. The highest BCUT2D eigenvalue weighted by molar-refractivity contribution is 6.03. The minimum absolute atomic E-state index is 0.178. The number of carbonyl (C=O) groups excluding carboxylic acids is 2. The van der Waals surface area contributed by atoms with E-state index in [0.717, 1.165) is 0 Å². The fourth-order valence-electron chi connectivity index (χ4n) is 0.611. The van der Waals surface area contributed by atoms with Crippen LogP contribution in [-0.2, 0) is 9.59 Å². The molecule has 0 saturated heterocycles. The Morgan fingerprint density at radius 1 is 1.45 bits per heavy atom. The van der Waals surface area contributed by atoms with Crippen molar-refractivity contribution < 1.29 is 9.59 Å². The Morgan fingerprint density at radius 3 is 1.91 bits per heavy atom. The van der Waals surface area contributed by atoms with E-state index in [1.54, 1.807) is 0 Å². The maximum atomic E-state index is 10.7. The molecule has 62 valence electrons. The largest absolute Gasteiger partial charge is 0.369 e. The second-order valence-electron chi connectivity index (χ2n) is 2.55. The number of primary amides is 2. The first-order valence-electron chi connectivity index (χ1n) is 3.16. The highest BCUT2D eigenvalue weighted by Gasteiger charge is 2.35. The number of amides is 2. The zero-order chi connectivity index (χ0) is 9.07. The van der Waals surface area contributed by atoms with Crippen molar-refractivity contribution in [1.82, 2.24) is 0 Å². The minimum atomic E-state index is -1.29. The van der Waals surface area contributed by atoms with Gasteiger partial charge >= 0.3 is 0 Å². The van der Waals surface area contributed by atoms with Crippen LogP contribution in [0.4, 0.5) is 0 Å². The van der Waals surface area contributed by atoms with Crippen molar-refractivity contribution in [1.29, 1.82) is 0 Å². The van der Waals surface area contributed by atoms with E-state index in [0.29, 0.717) is 0 Å². The summed E-state index contributed by atoms with van der Waals surface area (Å²) in [5.74, 6) is -1.44. The zero-order valence-corrected chi connectivity index (χ0v) is 6.46. The van der Waals surface area contributed by atoms with Gasteiger partial charge < -0.3 is 11.5 Å². The summed E-state index contributed by atoms with van der Waals surface area (Å²) in [5.41, 5.74) is 8.65. The number of carbonyl (C=O) groups is 2. The van der Waals surface area contributed by atoms with E-state index in [9.17, 15) is 9.59 Å². The van der Waals surface area contributed by atoms with Crippen LogP contribution in [0.2, 0.25) is 0 Å². The van der Waals surface area contributed by atoms with Crippen molar-refractivity contribution in [2.75, 3.05) is 0 Å². The maximum Gasteiger partial charge on any atom is 0.233 e. The molecule has 4 heteroatoms. The van der Waals surface area contributed by atoms with E-state index in [-0.39, 0.29) is 6.42 Å². The number of rotatable bonds is 4. The second kappa shape index (κ2) is 3.18. The Balaban J connectivity index is 4.65. The van der Waals surface area contributed by atoms with Gasteiger partial charge in [0.25, 0.3) is 0 Å². The Labute approximate surface area is 65.2 Å². The first-order valence-corrected chi connectivity index (χ1v) is 3.16. The van der Waals surface area contributed by atoms with Gasteiger partial charge in [-0.15, -0.1) is 6.58 Å². The number of hydrogen-bond donors (Lipinski definition) is 2. The van der Waals surface area contributed by atoms with Crippen molar-refractivity contribution in [2.24, 2.45) is 16.9 Å². The highest BCUT2D eigenvalue weighted by atomic mass is 16.2. The molecule has 4 nitrogen and oxygen atoms in total. The van der Waals surface area contributed by atoms with Crippen LogP contribution in [0.5, 0.6) is 0 Å². The first-order chi connectivity index (χ1) is 4.95. The molecule has 4 N–H and O–H groups in total. The highest BCUT2D eigenvalue weighted by Crippen LogP contribution is 2.19. The summed E-state index contributed by atoms with van der Waals surface area (Å²) >= 11 is 0. The van der Waals surface area contributed by atoms with E-state index < -0.39 is 17.2 Å². The van der Waals surface area contributed by atoms with Gasteiger partial charge in [-0.1, -0.05) is 6.08 Å². The molecule has 0 aromatic rings. The molecule has 0 aliphatic carbocycles. The van der Waals surface area contributed by atoms with Crippen LogP contribution in [0.25, 0.3) is 0 Å². The molecule has 0 heterocycles. The average molecular weight is 156 g/mol. The Bertz CT molecular complexity index is 185. The third-order valence-corrected chi connectivity index (χ3v) is 1.64. The van der Waals surface area contributed by atoms with Crippen LogP contribution in [0, 0.1) is 5.41 Å². The summed E-state index contributed by atoms with van der Waals surface area (Å²) in [5, 5.41) is 0. The molecular weight excluding hydrogens is 144 g/mol. The Morgan fingerprint density at radius 2 is 1.82 bits per heavy atom. The second-order valence-corrected chi connectivity index (χ2v) is 2.55. The van der Waals surface area contributed by atoms with Crippen molar-refractivity contribution >= 4 is 11.8 Å². The fourth-order valence-corrected chi connectivity index (χ4v) is 0.611. The number of hydrogen-bond acceptors (Lipinski definition) is 2. The van der Waals surface area contributed by atoms with Crippen LogP contribution in [0.15, 0.2) is 12.7 Å². The van der Waals surface area contributed by atoms with Crippen LogP contribution in [-0.4, -0.2) is 11.8 Å². The summed E-state index contributed by atoms with van der Waals surface area (Å²) in [6.45, 7) is 4.80. The molecule has 0 aliphatic heterocycles. The quantitative estimate of drug-likeness (QED) is 0.426. The van der Waals surface area contributed by atoms with Gasteiger partial charge in [0, 0.05) is 0 Å². The molecule has 0 aliphatic rings. The molecule has 0 radical (unpaired) electrons. The summed E-state index contributed by atoms with van der Waals surface area (Å²) in [4.78, 5) is 21.5. The lowest BCUT2D eigenvalue weighted by Gasteiger charge is -2.19. The molecule has 0 rings (SSSR count). The third-order valence-electron chi connectivity index (χ3n) is 1.64. The number of allylic oxidation sites excluding steroid dienone is 1. The summed E-state index contributed by atoms with van der Waals surface area (Å²) < 4.78 is 0. The molecule has 2 amide bonds. The molecule has 0 unspecified atom stereocenters. The van der Waals surface area contributed by atoms with Gasteiger partial charge in [0.05, 0.1) is 0 Å². The van der Waals surface area contributed by atoms with Gasteiger partial charge in [-0.25, -0.2) is 0 Å². The van der Waals surface area contributed by atoms with Crippen molar-refractivity contribution in [3.05, 3.63) is 12.7 Å². The van der Waals surface area contributed by atoms with Crippen LogP contribution >= 0.6 is 0 Å². The first kappa shape index (κ1) is 9.68. The zero-order valence-electron chi connectivity index (χ0n) is 6.46. The SMILES string of the molecule is C=CCC(C)(C(N)=O)C(N)=O. The molecule has 0 saturated carbocycles. The fraction of sp³-hybridized carbons (Fsp3) is 0.429. The Hall–Kier alpha value is -1.32. The van der Waals surface area contributed by atoms with Crippen molar-refractivity contribution in [3.63, 3.8) is 0 Å². The van der Waals surface area contributed by atoms with Crippen LogP contribution in [0.1, 0.15) is 13.3 Å². The van der Waals surface area contributed by atoms with Gasteiger partial charge in [-0.3, -0.25) is 9.59 Å². The van der Waals surface area contributed by atoms with E-state index >= 15 is 0 Å². The number of nitrogens with two attached hydrogens (primary N) is 2. The van der Waals surface area contributed by atoms with Crippen LogP contribution < -0.4 is 11.5 Å². The van der Waals surface area contributed by atoms with Gasteiger partial charge in [-0.05, 0) is 13.3 Å². The molecule has 0 fully saturated rings. The van der Waals surface area contributed by atoms with Crippen molar-refractivity contribution in [3.8, 4) is 0 Å². The molecule has 0 spiro atoms. The molecule has 0 aromatic carbocycles. The lowest BCUT2D eigenvalue weighted by atomic mass is 9.85. The molecule has 0 aromatic heterocycles. The third kappa shape index (κ3) is 1.80. The smallest absolute Gasteiger partial charge is 0.233 e. The standard InChI is InChI=1S/C7H12N2O2/c1-3-4-7(2,5(8)10)6(9)11/h3H,1,4H2,2H3,(H2,8,10)(H2,9,11). The summed E-state index contributed by atoms with van der Waals surface area (Å²) in [7, 11) is 0. The minimum Gasteiger partial charge on any atom is -0.369 e. The molecule has 0 bridgehead atoms. The monoisotopic (exact) mass is 156 g/mol. The van der Waals surface area contributed by atoms with E-state index in [1.807, 2.05) is 0 Å². The van der Waals surface area contributed by atoms with E-state index in [1.165, 1.54) is 13.0 Å². The molecule has 0 atom stereocenters. The normalized spacial score (nSPS) is 10.6. The van der Waals surface area contributed by atoms with Gasteiger partial charge in [0.15, 0.2) is 0 Å². The Kier molecular flexibility index (Phi) is 2.80. The van der Waals surface area contributed by atoms with E-state index in [2.05, 4.69) is 6.58 Å². The maximum absolute atomic E-state index is 10.7. The predicted octanol–water partition coefficient (Wildman–Crippen LogP) is -0.461. The lowest BCUT2D eigenvalue weighted by molar-refractivity contribution is -0.138. The van der Waals surface area contributed by atoms with Crippen LogP contribution in [0.3, 0.4) is 0 Å². The predicted molar refractivity (Wildman–Crippen MR) is 41.3 cm³/mol. The van der Waals surface area contributed by atoms with Gasteiger partial charge in [0.1, 0.15) is 5.41 Å². The summed E-state index contributed by atoms with van der Waals surface area (Å²) in [6.07, 6.45) is 1.62. The van der Waals surface area contributed by atoms with Gasteiger partial charge in [-0.2, -0.15) is 0 Å². The summed E-state index contributed by atoms with van der Waals surface area (Å²) in [6, 6.07) is 0. The molecular formula is C7H12N2O2.